The quantitative estimate of drug-likeness (QED) is 0.874. The van der Waals surface area contributed by atoms with Crippen molar-refractivity contribution >= 4 is 6.09 Å². The summed E-state index contributed by atoms with van der Waals surface area (Å²) in [7, 11) is 3.26. The highest BCUT2D eigenvalue weighted by Gasteiger charge is 2.41. The van der Waals surface area contributed by atoms with Crippen molar-refractivity contribution in [1.82, 2.24) is 5.32 Å². The minimum atomic E-state index is -0.412. The van der Waals surface area contributed by atoms with Crippen LogP contribution in [0.5, 0.6) is 11.5 Å². The Bertz CT molecular complexity index is 498. The number of amides is 1. The molecule has 0 saturated heterocycles. The molecule has 4 nitrogen and oxygen atoms in total. The third kappa shape index (κ3) is 1.55. The predicted molar refractivity (Wildman–Crippen MR) is 67.4 cm³/mol. The summed E-state index contributed by atoms with van der Waals surface area (Å²) < 4.78 is 10.8. The molecule has 2 atom stereocenters. The summed E-state index contributed by atoms with van der Waals surface area (Å²) in [6, 6.07) is 3.74. The lowest BCUT2D eigenvalue weighted by atomic mass is 9.90. The number of methoxy groups -OCH3 is 1. The summed E-state index contributed by atoms with van der Waals surface area (Å²) in [4.78, 5) is 11.4. The van der Waals surface area contributed by atoms with E-state index in [1.165, 1.54) is 30.4 Å². The Morgan fingerprint density at radius 3 is 2.44 bits per heavy atom. The van der Waals surface area contributed by atoms with Crippen LogP contribution in [0.1, 0.15) is 42.2 Å². The molecule has 1 fully saturated rings. The minimum absolute atomic E-state index is 0.412. The summed E-state index contributed by atoms with van der Waals surface area (Å²) in [6.07, 6.45) is 3.16. The van der Waals surface area contributed by atoms with E-state index in [0.717, 1.165) is 5.75 Å². The van der Waals surface area contributed by atoms with E-state index in [1.807, 2.05) is 12.1 Å². The zero-order valence-electron chi connectivity index (χ0n) is 10.7. The Kier molecular flexibility index (Phi) is 2.65. The summed E-state index contributed by atoms with van der Waals surface area (Å²) in [5.41, 5.74) is 2.45. The molecule has 0 aromatic heterocycles. The van der Waals surface area contributed by atoms with Crippen LogP contribution in [0.2, 0.25) is 0 Å². The van der Waals surface area contributed by atoms with Crippen LogP contribution in [0.25, 0.3) is 0 Å². The molecule has 2 bridgehead atoms. The van der Waals surface area contributed by atoms with Gasteiger partial charge < -0.3 is 14.8 Å². The van der Waals surface area contributed by atoms with Crippen LogP contribution >= 0.6 is 0 Å². The Morgan fingerprint density at radius 2 is 1.83 bits per heavy atom. The first-order valence-corrected chi connectivity index (χ1v) is 6.35. The summed E-state index contributed by atoms with van der Waals surface area (Å²) in [5.74, 6) is 2.73. The number of carbonyl (C=O) groups is 1. The lowest BCUT2D eigenvalue weighted by Crippen LogP contribution is -2.23. The second-order valence-electron chi connectivity index (χ2n) is 4.94. The van der Waals surface area contributed by atoms with E-state index >= 15 is 0 Å². The summed E-state index contributed by atoms with van der Waals surface area (Å²) >= 11 is 0. The van der Waals surface area contributed by atoms with Crippen molar-refractivity contribution < 1.29 is 14.3 Å². The van der Waals surface area contributed by atoms with Gasteiger partial charge >= 0.3 is 6.09 Å². The maximum atomic E-state index is 11.4. The van der Waals surface area contributed by atoms with Crippen molar-refractivity contribution in [3.8, 4) is 11.5 Å². The number of hydrogen-bond donors (Lipinski definition) is 1. The molecule has 1 N–H and O–H groups in total. The summed E-state index contributed by atoms with van der Waals surface area (Å²) in [5, 5.41) is 2.48. The standard InChI is InChI=1S/C14H17NO3/c1-15-14(16)18-11-6-5-10(17-2)12-8-3-4-9(7-8)13(11)12/h5-6,8-9H,3-4,7H2,1-2H3,(H,15,16). The smallest absolute Gasteiger partial charge is 0.412 e. The fourth-order valence-corrected chi connectivity index (χ4v) is 3.36. The third-order valence-corrected chi connectivity index (χ3v) is 4.08. The van der Waals surface area contributed by atoms with Crippen LogP contribution in [-0.2, 0) is 0 Å². The highest BCUT2D eigenvalue weighted by atomic mass is 16.6. The number of hydrogen-bond acceptors (Lipinski definition) is 3. The lowest BCUT2D eigenvalue weighted by Gasteiger charge is -2.20. The van der Waals surface area contributed by atoms with Crippen LogP contribution in [0.4, 0.5) is 4.79 Å². The van der Waals surface area contributed by atoms with Gasteiger partial charge in [-0.15, -0.1) is 0 Å². The zero-order chi connectivity index (χ0) is 12.7. The van der Waals surface area contributed by atoms with Crippen LogP contribution in [0.3, 0.4) is 0 Å². The average molecular weight is 247 g/mol. The van der Waals surface area contributed by atoms with E-state index in [0.29, 0.717) is 17.6 Å². The molecule has 0 radical (unpaired) electrons. The zero-order valence-corrected chi connectivity index (χ0v) is 10.7. The lowest BCUT2D eigenvalue weighted by molar-refractivity contribution is 0.202. The number of rotatable bonds is 2. The fourth-order valence-electron chi connectivity index (χ4n) is 3.36. The Balaban J connectivity index is 2.05. The van der Waals surface area contributed by atoms with Crippen molar-refractivity contribution in [2.75, 3.05) is 14.2 Å². The molecule has 0 heterocycles. The molecule has 1 aromatic carbocycles. The monoisotopic (exact) mass is 247 g/mol. The Hall–Kier alpha value is -1.71. The molecule has 2 aliphatic carbocycles. The Morgan fingerprint density at radius 1 is 1.22 bits per heavy atom. The van der Waals surface area contributed by atoms with Crippen molar-refractivity contribution in [3.63, 3.8) is 0 Å². The van der Waals surface area contributed by atoms with Gasteiger partial charge in [-0.3, -0.25) is 0 Å². The van der Waals surface area contributed by atoms with Gasteiger partial charge in [0.15, 0.2) is 0 Å². The number of carbonyl (C=O) groups excluding carboxylic acids is 1. The van der Waals surface area contributed by atoms with Crippen molar-refractivity contribution in [2.45, 2.75) is 31.1 Å². The van der Waals surface area contributed by atoms with Crippen LogP contribution in [0.15, 0.2) is 12.1 Å². The normalized spacial score (nSPS) is 23.7. The fraction of sp³-hybridized carbons (Fsp3) is 0.500. The van der Waals surface area contributed by atoms with Gasteiger partial charge in [-0.05, 0) is 43.2 Å². The summed E-state index contributed by atoms with van der Waals surface area (Å²) in [6.45, 7) is 0. The Labute approximate surface area is 106 Å². The van der Waals surface area contributed by atoms with Gasteiger partial charge in [0.05, 0.1) is 7.11 Å². The van der Waals surface area contributed by atoms with Crippen molar-refractivity contribution in [2.24, 2.45) is 0 Å². The first-order valence-electron chi connectivity index (χ1n) is 6.35. The van der Waals surface area contributed by atoms with Crippen LogP contribution in [0, 0.1) is 0 Å². The molecule has 4 heteroatoms. The molecular weight excluding hydrogens is 230 g/mol. The highest BCUT2D eigenvalue weighted by molar-refractivity contribution is 5.71. The molecular formula is C14H17NO3. The molecule has 2 aliphatic rings. The van der Waals surface area contributed by atoms with E-state index in [2.05, 4.69) is 5.32 Å². The van der Waals surface area contributed by atoms with Gasteiger partial charge in [0, 0.05) is 18.2 Å². The second kappa shape index (κ2) is 4.19. The van der Waals surface area contributed by atoms with Crippen LogP contribution in [-0.4, -0.2) is 20.3 Å². The largest absolute Gasteiger partial charge is 0.496 e. The van der Waals surface area contributed by atoms with Crippen molar-refractivity contribution in [1.29, 1.82) is 0 Å². The van der Waals surface area contributed by atoms with E-state index in [9.17, 15) is 4.79 Å². The van der Waals surface area contributed by atoms with Gasteiger partial charge in [-0.2, -0.15) is 0 Å². The topological polar surface area (TPSA) is 47.6 Å². The van der Waals surface area contributed by atoms with Gasteiger partial charge in [-0.25, -0.2) is 4.79 Å². The number of fused-ring (bicyclic) bond motifs is 5. The molecule has 0 aliphatic heterocycles. The first-order chi connectivity index (χ1) is 8.74. The highest BCUT2D eigenvalue weighted by Crippen LogP contribution is 2.58. The molecule has 3 rings (SSSR count). The van der Waals surface area contributed by atoms with Gasteiger partial charge in [0.1, 0.15) is 11.5 Å². The van der Waals surface area contributed by atoms with E-state index in [-0.39, 0.29) is 0 Å². The van der Waals surface area contributed by atoms with E-state index in [1.54, 1.807) is 14.2 Å². The number of ether oxygens (including phenoxy) is 2. The molecule has 0 spiro atoms. The number of benzene rings is 1. The SMILES string of the molecule is CNC(=O)Oc1ccc(OC)c2c1C1CCC2C1. The predicted octanol–water partition coefficient (Wildman–Crippen LogP) is 2.78. The maximum Gasteiger partial charge on any atom is 0.412 e. The van der Waals surface area contributed by atoms with Gasteiger partial charge in [0.2, 0.25) is 0 Å². The van der Waals surface area contributed by atoms with Gasteiger partial charge in [0.25, 0.3) is 0 Å². The molecule has 1 amide bonds. The van der Waals surface area contributed by atoms with E-state index in [4.69, 9.17) is 9.47 Å². The average Bonchev–Trinajstić information content (AvgIpc) is 3.00. The van der Waals surface area contributed by atoms with Crippen LogP contribution < -0.4 is 14.8 Å². The first kappa shape index (κ1) is 11.4. The van der Waals surface area contributed by atoms with Crippen molar-refractivity contribution in [3.05, 3.63) is 23.3 Å². The van der Waals surface area contributed by atoms with E-state index < -0.39 is 6.09 Å². The molecule has 96 valence electrons. The maximum absolute atomic E-state index is 11.4. The number of nitrogens with one attached hydrogen (secondary N) is 1. The molecule has 1 saturated carbocycles. The second-order valence-corrected chi connectivity index (χ2v) is 4.94. The van der Waals surface area contributed by atoms with Gasteiger partial charge in [-0.1, -0.05) is 0 Å². The molecule has 1 aromatic rings. The molecule has 18 heavy (non-hydrogen) atoms. The third-order valence-electron chi connectivity index (χ3n) is 4.08. The molecule has 2 unspecified atom stereocenters. The minimum Gasteiger partial charge on any atom is -0.496 e.